The van der Waals surface area contributed by atoms with E-state index in [2.05, 4.69) is 25.3 Å². The second kappa shape index (κ2) is 11.7. The smallest absolute Gasteiger partial charge is 0.407 e. The van der Waals surface area contributed by atoms with Crippen LogP contribution in [0.4, 0.5) is 4.79 Å². The van der Waals surface area contributed by atoms with Crippen LogP contribution in [0.1, 0.15) is 32.1 Å². The largest absolute Gasteiger partial charge is 0.480 e. The molecule has 2 aromatic rings. The number of nitrogens with two attached hydrogens (primary N) is 2. The van der Waals surface area contributed by atoms with Crippen LogP contribution in [0.2, 0.25) is 0 Å². The van der Waals surface area contributed by atoms with Crippen LogP contribution >= 0.6 is 12.2 Å². The Morgan fingerprint density at radius 3 is 2.83 bits per heavy atom. The first-order valence-corrected chi connectivity index (χ1v) is 9.95. The van der Waals surface area contributed by atoms with Crippen molar-refractivity contribution in [1.29, 1.82) is 0 Å². The van der Waals surface area contributed by atoms with Crippen molar-refractivity contribution in [3.05, 3.63) is 17.3 Å². The predicted octanol–water partition coefficient (Wildman–Crippen LogP) is 0.311. The van der Waals surface area contributed by atoms with E-state index in [1.165, 1.54) is 0 Å². The lowest BCUT2D eigenvalue weighted by atomic mass is 10.1. The summed E-state index contributed by atoms with van der Waals surface area (Å²) < 4.78 is 7.59. The number of carbonyl (C=O) groups is 2. The third-order valence-corrected chi connectivity index (χ3v) is 4.61. The van der Waals surface area contributed by atoms with Crippen molar-refractivity contribution in [2.75, 3.05) is 13.2 Å². The Morgan fingerprint density at radius 1 is 1.30 bits per heavy atom. The molecule has 2 rings (SSSR count). The molecule has 0 aliphatic carbocycles. The van der Waals surface area contributed by atoms with Crippen molar-refractivity contribution in [2.24, 2.45) is 16.5 Å². The summed E-state index contributed by atoms with van der Waals surface area (Å²) >= 11 is 5.16. The molecule has 1 amide bonds. The molecule has 0 fully saturated rings. The minimum Gasteiger partial charge on any atom is -0.480 e. The van der Waals surface area contributed by atoms with E-state index in [-0.39, 0.29) is 19.0 Å². The maximum Gasteiger partial charge on any atom is 0.407 e. The fraction of sp³-hybridized carbons (Fsp3) is 0.529. The van der Waals surface area contributed by atoms with Crippen molar-refractivity contribution in [3.63, 3.8) is 0 Å². The van der Waals surface area contributed by atoms with Crippen molar-refractivity contribution < 1.29 is 24.0 Å². The Hall–Kier alpha value is -3.22. The molecule has 8 N–H and O–H groups in total. The second-order valence-corrected chi connectivity index (χ2v) is 6.97. The van der Waals surface area contributed by atoms with E-state index < -0.39 is 18.1 Å². The number of carbonyl (C=O) groups excluding carboxylic acids is 1. The maximum atomic E-state index is 11.8. The first kappa shape index (κ1) is 23.1. The number of nitrogens with one attached hydrogen (secondary N) is 3. The minimum atomic E-state index is -1.14. The molecule has 0 bridgehead atoms. The molecule has 0 aliphatic heterocycles. The van der Waals surface area contributed by atoms with Gasteiger partial charge < -0.3 is 26.6 Å². The number of alkyl carbamates (subject to hydrolysis) is 1. The number of aliphatic carboxylic acids is 1. The summed E-state index contributed by atoms with van der Waals surface area (Å²) in [4.78, 5) is 37.0. The van der Waals surface area contributed by atoms with Gasteiger partial charge in [-0.1, -0.05) is 12.2 Å². The molecular formula is C17H27N8O4S+. The molecule has 13 heteroatoms. The Bertz CT molecular complexity index is 937. The average Bonchev–Trinajstić information content (AvgIpc) is 3.11. The van der Waals surface area contributed by atoms with Crippen molar-refractivity contribution in [3.8, 4) is 0 Å². The van der Waals surface area contributed by atoms with Crippen molar-refractivity contribution >= 4 is 41.4 Å². The highest BCUT2D eigenvalue weighted by Crippen LogP contribution is 2.05. The number of ether oxygens (including phenoxy) is 1. The Labute approximate surface area is 177 Å². The number of aryl methyl sites for hydroxylation is 1. The van der Waals surface area contributed by atoms with E-state index in [9.17, 15) is 14.7 Å². The lowest BCUT2D eigenvalue weighted by Gasteiger charge is -2.14. The number of aromatic nitrogens is 4. The topological polar surface area (TPSA) is 188 Å². The number of hydrogen-bond donors (Lipinski definition) is 6. The number of fused-ring (bicyclic) bond motifs is 1. The molecule has 0 radical (unpaired) electrons. The number of aromatic amines is 2. The van der Waals surface area contributed by atoms with Gasteiger partial charge in [-0.25, -0.2) is 19.1 Å². The number of guanidine groups is 1. The summed E-state index contributed by atoms with van der Waals surface area (Å²) in [6, 6.07) is -1.05. The third kappa shape index (κ3) is 7.31. The standard InChI is InChI=1S/C17H26N8O4S/c18-16(19)20-6-4-5-11(15(26)27)24-17(28)29-8-3-1-2-7-25-10-23-12-13(25)21-9-22-14(12)30/h9-11H,1-8H2,(H7,18,19,20,21,22,24,26,27,28,30)/p+1/t11-/m1/s1. The number of nitrogens with zero attached hydrogens (tertiary/aromatic N) is 3. The van der Waals surface area contributed by atoms with Gasteiger partial charge in [0.15, 0.2) is 23.3 Å². The molecule has 0 saturated heterocycles. The van der Waals surface area contributed by atoms with E-state index in [1.807, 2.05) is 10.9 Å². The van der Waals surface area contributed by atoms with Crippen LogP contribution in [0, 0.1) is 4.64 Å². The lowest BCUT2D eigenvalue weighted by Crippen LogP contribution is -2.41. The summed E-state index contributed by atoms with van der Waals surface area (Å²) in [5.74, 6) is -1.20. The normalized spacial score (nSPS) is 11.7. The fourth-order valence-corrected chi connectivity index (χ4v) is 3.01. The van der Waals surface area contributed by atoms with Gasteiger partial charge >= 0.3 is 12.1 Å². The second-order valence-electron chi connectivity index (χ2n) is 6.58. The number of imidazole rings is 1. The molecule has 1 atom stereocenters. The number of rotatable bonds is 12. The molecule has 0 saturated carbocycles. The van der Waals surface area contributed by atoms with Gasteiger partial charge in [-0.15, -0.1) is 0 Å². The first-order chi connectivity index (χ1) is 14.4. The van der Waals surface area contributed by atoms with Crippen LogP contribution < -0.4 is 21.4 Å². The van der Waals surface area contributed by atoms with Crippen LogP contribution in [0.3, 0.4) is 0 Å². The first-order valence-electron chi connectivity index (χ1n) is 9.54. The number of aliphatic imine (C=N–C) groups is 1. The van der Waals surface area contributed by atoms with E-state index in [0.717, 1.165) is 30.6 Å². The predicted molar refractivity (Wildman–Crippen MR) is 111 cm³/mol. The number of amides is 1. The van der Waals surface area contributed by atoms with Crippen LogP contribution in [0.5, 0.6) is 0 Å². The maximum absolute atomic E-state index is 11.8. The number of carboxylic acids is 1. The lowest BCUT2D eigenvalue weighted by molar-refractivity contribution is -0.673. The van der Waals surface area contributed by atoms with Crippen LogP contribution in [-0.2, 0) is 16.1 Å². The van der Waals surface area contributed by atoms with Gasteiger partial charge in [-0.3, -0.25) is 15.0 Å². The average molecular weight is 440 g/mol. The molecule has 2 heterocycles. The highest BCUT2D eigenvalue weighted by atomic mass is 32.1. The quantitative estimate of drug-likeness (QED) is 0.0895. The van der Waals surface area contributed by atoms with Crippen LogP contribution in [0.25, 0.3) is 11.2 Å². The highest BCUT2D eigenvalue weighted by Gasteiger charge is 2.20. The summed E-state index contributed by atoms with van der Waals surface area (Å²) in [6.45, 7) is 1.26. The number of unbranched alkanes of at least 4 members (excludes halogenated alkanes) is 2. The molecule has 164 valence electrons. The molecule has 0 unspecified atom stereocenters. The van der Waals surface area contributed by atoms with Crippen LogP contribution in [-0.4, -0.2) is 57.3 Å². The summed E-state index contributed by atoms with van der Waals surface area (Å²) in [7, 11) is 0. The monoisotopic (exact) mass is 439 g/mol. The van der Waals surface area contributed by atoms with E-state index in [0.29, 0.717) is 24.0 Å². The van der Waals surface area contributed by atoms with Crippen molar-refractivity contribution in [2.45, 2.75) is 44.7 Å². The van der Waals surface area contributed by atoms with E-state index in [4.69, 9.17) is 28.4 Å². The summed E-state index contributed by atoms with van der Waals surface area (Å²) in [5, 5.41) is 11.5. The molecule has 0 spiro atoms. The van der Waals surface area contributed by atoms with Gasteiger partial charge in [0.25, 0.3) is 5.65 Å². The van der Waals surface area contributed by atoms with Gasteiger partial charge in [0.1, 0.15) is 6.04 Å². The minimum absolute atomic E-state index is 0.0578. The van der Waals surface area contributed by atoms with Gasteiger partial charge in [-0.05, 0) is 32.1 Å². The van der Waals surface area contributed by atoms with E-state index in [1.54, 1.807) is 6.33 Å². The SMILES string of the molecule is NC(N)=NCCC[C@@H](NC(=O)OCCCCC[n+]1c[nH]c2c(=S)nc[nH]c21)C(=O)O. The van der Waals surface area contributed by atoms with E-state index >= 15 is 0 Å². The third-order valence-electron chi connectivity index (χ3n) is 4.30. The fourth-order valence-electron chi connectivity index (χ4n) is 2.80. The van der Waals surface area contributed by atoms with Crippen LogP contribution in [0.15, 0.2) is 17.6 Å². The number of carboxylic acid groups (broad SMARTS) is 1. The van der Waals surface area contributed by atoms with Gasteiger partial charge in [0, 0.05) is 6.54 Å². The summed E-state index contributed by atoms with van der Waals surface area (Å²) in [6.07, 6.45) is 5.62. The number of H-pyrrole nitrogens is 2. The molecule has 2 aromatic heterocycles. The van der Waals surface area contributed by atoms with Gasteiger partial charge in [-0.2, -0.15) is 0 Å². The summed E-state index contributed by atoms with van der Waals surface area (Å²) in [5.41, 5.74) is 12.1. The molecule has 12 nitrogen and oxygen atoms in total. The molecule has 0 aromatic carbocycles. The zero-order chi connectivity index (χ0) is 21.9. The van der Waals surface area contributed by atoms with Crippen molar-refractivity contribution in [1.82, 2.24) is 20.3 Å². The highest BCUT2D eigenvalue weighted by molar-refractivity contribution is 7.71. The van der Waals surface area contributed by atoms with Gasteiger partial charge in [0.05, 0.1) is 13.2 Å². The Balaban J connectivity index is 1.63. The molecule has 30 heavy (non-hydrogen) atoms. The zero-order valence-corrected chi connectivity index (χ0v) is 17.3. The zero-order valence-electron chi connectivity index (χ0n) is 16.5. The molecular weight excluding hydrogens is 412 g/mol. The number of hydrogen-bond acceptors (Lipinski definition) is 6. The molecule has 0 aliphatic rings. The Kier molecular flexibility index (Phi) is 9.00. The van der Waals surface area contributed by atoms with Gasteiger partial charge in [0.2, 0.25) is 5.52 Å². The Morgan fingerprint density at radius 2 is 2.10 bits per heavy atom.